The minimum absolute atomic E-state index is 0.647. The van der Waals surface area contributed by atoms with Gasteiger partial charge in [-0.2, -0.15) is 0 Å². The lowest BCUT2D eigenvalue weighted by atomic mass is 10.1. The summed E-state index contributed by atoms with van der Waals surface area (Å²) in [6.45, 7) is 16.5. The zero-order valence-electron chi connectivity index (χ0n) is 12.2. The summed E-state index contributed by atoms with van der Waals surface area (Å²) < 4.78 is 0. The molecule has 0 aromatic rings. The summed E-state index contributed by atoms with van der Waals surface area (Å²) in [6, 6.07) is 1.36. The van der Waals surface area contributed by atoms with E-state index in [4.69, 9.17) is 0 Å². The molecule has 1 aliphatic heterocycles. The van der Waals surface area contributed by atoms with Crippen LogP contribution in [-0.4, -0.2) is 61.2 Å². The summed E-state index contributed by atoms with van der Waals surface area (Å²) in [6.07, 6.45) is 2.50. The third kappa shape index (κ3) is 5.36. The van der Waals surface area contributed by atoms with E-state index in [-0.39, 0.29) is 0 Å². The van der Waals surface area contributed by atoms with Gasteiger partial charge in [-0.1, -0.05) is 13.8 Å². The van der Waals surface area contributed by atoms with E-state index in [1.54, 1.807) is 0 Å². The van der Waals surface area contributed by atoms with Crippen LogP contribution in [0.4, 0.5) is 0 Å². The Morgan fingerprint density at radius 2 is 1.71 bits per heavy atom. The summed E-state index contributed by atoms with van der Waals surface area (Å²) in [5.74, 6) is 0. The second-order valence-corrected chi connectivity index (χ2v) is 5.41. The van der Waals surface area contributed by atoms with Gasteiger partial charge < -0.3 is 10.2 Å². The van der Waals surface area contributed by atoms with Crippen molar-refractivity contribution in [1.29, 1.82) is 0 Å². The van der Waals surface area contributed by atoms with Crippen molar-refractivity contribution in [3.05, 3.63) is 0 Å². The van der Waals surface area contributed by atoms with Crippen molar-refractivity contribution in [2.75, 3.05) is 39.3 Å². The molecule has 17 heavy (non-hydrogen) atoms. The van der Waals surface area contributed by atoms with Crippen molar-refractivity contribution in [2.45, 2.75) is 52.6 Å². The van der Waals surface area contributed by atoms with Crippen molar-refractivity contribution < 1.29 is 0 Å². The summed E-state index contributed by atoms with van der Waals surface area (Å²) in [4.78, 5) is 5.19. The van der Waals surface area contributed by atoms with Crippen LogP contribution >= 0.6 is 0 Å². The number of nitrogens with zero attached hydrogens (tertiary/aromatic N) is 2. The van der Waals surface area contributed by atoms with Gasteiger partial charge in [-0.25, -0.2) is 0 Å². The molecule has 1 N–H and O–H groups in total. The standard InChI is InChI=1S/C14H31N3/c1-5-7-15-13(3)12-14(4)17-10-8-16(6-2)9-11-17/h13-15H,5-12H2,1-4H3. The molecule has 0 aromatic carbocycles. The Balaban J connectivity index is 2.21. The number of hydrogen-bond donors (Lipinski definition) is 1. The molecule has 2 atom stereocenters. The van der Waals surface area contributed by atoms with E-state index < -0.39 is 0 Å². The SMILES string of the molecule is CCCNC(C)CC(C)N1CCN(CC)CC1. The minimum atomic E-state index is 0.647. The molecule has 3 nitrogen and oxygen atoms in total. The largest absolute Gasteiger partial charge is 0.314 e. The second kappa shape index (κ2) is 8.06. The van der Waals surface area contributed by atoms with E-state index in [1.165, 1.54) is 45.6 Å². The molecule has 1 saturated heterocycles. The van der Waals surface area contributed by atoms with Gasteiger partial charge in [0.05, 0.1) is 0 Å². The van der Waals surface area contributed by atoms with Crippen LogP contribution < -0.4 is 5.32 Å². The smallest absolute Gasteiger partial charge is 0.0113 e. The van der Waals surface area contributed by atoms with Gasteiger partial charge in [0, 0.05) is 38.3 Å². The van der Waals surface area contributed by atoms with Crippen LogP contribution in [-0.2, 0) is 0 Å². The second-order valence-electron chi connectivity index (χ2n) is 5.41. The normalized spacial score (nSPS) is 22.6. The number of likely N-dealkylation sites (N-methyl/N-ethyl adjacent to an activating group) is 1. The molecule has 1 heterocycles. The maximum absolute atomic E-state index is 3.59. The van der Waals surface area contributed by atoms with Gasteiger partial charge >= 0.3 is 0 Å². The highest BCUT2D eigenvalue weighted by Gasteiger charge is 2.21. The Morgan fingerprint density at radius 3 is 2.24 bits per heavy atom. The van der Waals surface area contributed by atoms with Crippen LogP contribution in [0.2, 0.25) is 0 Å². The fourth-order valence-corrected chi connectivity index (χ4v) is 2.66. The molecule has 0 amide bonds. The lowest BCUT2D eigenvalue weighted by molar-refractivity contribution is 0.0983. The highest BCUT2D eigenvalue weighted by molar-refractivity contribution is 4.78. The zero-order chi connectivity index (χ0) is 12.7. The summed E-state index contributed by atoms with van der Waals surface area (Å²) in [5.41, 5.74) is 0. The first-order valence-electron chi connectivity index (χ1n) is 7.37. The molecule has 1 aliphatic rings. The average molecular weight is 241 g/mol. The van der Waals surface area contributed by atoms with Crippen LogP contribution in [0.15, 0.2) is 0 Å². The predicted molar refractivity (Wildman–Crippen MR) is 75.5 cm³/mol. The van der Waals surface area contributed by atoms with Crippen molar-refractivity contribution in [3.63, 3.8) is 0 Å². The average Bonchev–Trinajstić information content (AvgIpc) is 2.36. The van der Waals surface area contributed by atoms with Crippen LogP contribution in [0.1, 0.15) is 40.5 Å². The highest BCUT2D eigenvalue weighted by Crippen LogP contribution is 2.10. The molecule has 0 aliphatic carbocycles. The van der Waals surface area contributed by atoms with Crippen molar-refractivity contribution in [2.24, 2.45) is 0 Å². The van der Waals surface area contributed by atoms with E-state index in [0.29, 0.717) is 12.1 Å². The van der Waals surface area contributed by atoms with Gasteiger partial charge in [0.15, 0.2) is 0 Å². The van der Waals surface area contributed by atoms with E-state index in [2.05, 4.69) is 42.8 Å². The van der Waals surface area contributed by atoms with Gasteiger partial charge in [0.25, 0.3) is 0 Å². The summed E-state index contributed by atoms with van der Waals surface area (Å²) in [5, 5.41) is 3.59. The first-order chi connectivity index (χ1) is 8.17. The fraction of sp³-hybridized carbons (Fsp3) is 1.00. The first kappa shape index (κ1) is 14.9. The quantitative estimate of drug-likeness (QED) is 0.733. The maximum atomic E-state index is 3.59. The van der Waals surface area contributed by atoms with Crippen LogP contribution in [0, 0.1) is 0 Å². The van der Waals surface area contributed by atoms with E-state index >= 15 is 0 Å². The third-order valence-electron chi connectivity index (χ3n) is 3.91. The van der Waals surface area contributed by atoms with Crippen molar-refractivity contribution in [1.82, 2.24) is 15.1 Å². The predicted octanol–water partition coefficient (Wildman–Crippen LogP) is 1.79. The van der Waals surface area contributed by atoms with Crippen molar-refractivity contribution >= 4 is 0 Å². The molecule has 0 aromatic heterocycles. The van der Waals surface area contributed by atoms with E-state index in [0.717, 1.165) is 6.54 Å². The van der Waals surface area contributed by atoms with Gasteiger partial charge in [-0.05, 0) is 39.8 Å². The molecule has 3 heteroatoms. The monoisotopic (exact) mass is 241 g/mol. The molecule has 1 fully saturated rings. The number of hydrogen-bond acceptors (Lipinski definition) is 3. The van der Waals surface area contributed by atoms with E-state index in [9.17, 15) is 0 Å². The molecule has 0 radical (unpaired) electrons. The van der Waals surface area contributed by atoms with Gasteiger partial charge in [-0.15, -0.1) is 0 Å². The summed E-state index contributed by atoms with van der Waals surface area (Å²) >= 11 is 0. The molecule has 0 bridgehead atoms. The Kier molecular flexibility index (Phi) is 7.09. The van der Waals surface area contributed by atoms with Gasteiger partial charge in [0.2, 0.25) is 0 Å². The number of rotatable bonds is 7. The molecular formula is C14H31N3. The molecule has 102 valence electrons. The Labute approximate surface area is 108 Å². The van der Waals surface area contributed by atoms with Crippen LogP contribution in [0.3, 0.4) is 0 Å². The number of piperazine rings is 1. The lowest BCUT2D eigenvalue weighted by Gasteiger charge is -2.38. The topological polar surface area (TPSA) is 18.5 Å². The van der Waals surface area contributed by atoms with Crippen LogP contribution in [0.5, 0.6) is 0 Å². The Bertz CT molecular complexity index is 188. The fourth-order valence-electron chi connectivity index (χ4n) is 2.66. The Hall–Kier alpha value is -0.120. The molecular weight excluding hydrogens is 210 g/mol. The van der Waals surface area contributed by atoms with Crippen LogP contribution in [0.25, 0.3) is 0 Å². The molecule has 1 rings (SSSR count). The third-order valence-corrected chi connectivity index (χ3v) is 3.91. The first-order valence-corrected chi connectivity index (χ1v) is 7.37. The lowest BCUT2D eigenvalue weighted by Crippen LogP contribution is -2.50. The molecule has 2 unspecified atom stereocenters. The minimum Gasteiger partial charge on any atom is -0.314 e. The van der Waals surface area contributed by atoms with E-state index in [1.807, 2.05) is 0 Å². The summed E-state index contributed by atoms with van der Waals surface area (Å²) in [7, 11) is 0. The number of nitrogens with one attached hydrogen (secondary N) is 1. The maximum Gasteiger partial charge on any atom is 0.0113 e. The highest BCUT2D eigenvalue weighted by atomic mass is 15.3. The molecule has 0 spiro atoms. The molecule has 0 saturated carbocycles. The van der Waals surface area contributed by atoms with Crippen molar-refractivity contribution in [3.8, 4) is 0 Å². The van der Waals surface area contributed by atoms with Gasteiger partial charge in [0.1, 0.15) is 0 Å². The zero-order valence-corrected chi connectivity index (χ0v) is 12.2. The Morgan fingerprint density at radius 1 is 1.06 bits per heavy atom. The van der Waals surface area contributed by atoms with Gasteiger partial charge in [-0.3, -0.25) is 4.90 Å².